The smallest absolute Gasteiger partial charge is 0.274 e. The van der Waals surface area contributed by atoms with Crippen LogP contribution in [-0.2, 0) is 0 Å². The SMILES string of the molecule is Cc1cccc(NC(=O)c2ccc(Nc3cccc4cccnc34)cn2)c1. The molecule has 5 nitrogen and oxygen atoms in total. The van der Waals surface area contributed by atoms with E-state index in [2.05, 4.69) is 20.6 Å². The number of pyridine rings is 2. The van der Waals surface area contributed by atoms with Crippen LogP contribution in [0.3, 0.4) is 0 Å². The summed E-state index contributed by atoms with van der Waals surface area (Å²) < 4.78 is 0. The lowest BCUT2D eigenvalue weighted by molar-refractivity contribution is 0.102. The third-order valence-electron chi connectivity index (χ3n) is 4.18. The van der Waals surface area contributed by atoms with Crippen LogP contribution in [0, 0.1) is 6.92 Å². The first-order valence-corrected chi connectivity index (χ1v) is 8.64. The number of hydrogen-bond donors (Lipinski definition) is 2. The fourth-order valence-electron chi connectivity index (χ4n) is 2.88. The molecule has 0 saturated heterocycles. The van der Waals surface area contributed by atoms with Gasteiger partial charge in [0.1, 0.15) is 5.69 Å². The first-order chi connectivity index (χ1) is 13.2. The Kier molecular flexibility index (Phi) is 4.49. The minimum atomic E-state index is -0.237. The summed E-state index contributed by atoms with van der Waals surface area (Å²) in [7, 11) is 0. The Bertz CT molecular complexity index is 1100. The molecule has 1 amide bonds. The predicted octanol–water partition coefficient (Wildman–Crippen LogP) is 4.93. The molecule has 0 aliphatic rings. The molecular formula is C22H18N4O. The molecular weight excluding hydrogens is 336 g/mol. The minimum Gasteiger partial charge on any atom is -0.352 e. The Balaban J connectivity index is 1.51. The standard InChI is InChI=1S/C22H18N4O/c1-15-5-2-8-17(13-15)26-22(27)20-11-10-18(14-24-20)25-19-9-3-6-16-7-4-12-23-21(16)19/h2-14,25H,1H3,(H,26,27). The second-order valence-electron chi connectivity index (χ2n) is 6.26. The third-order valence-corrected chi connectivity index (χ3v) is 4.18. The van der Waals surface area contributed by atoms with Crippen molar-refractivity contribution in [1.82, 2.24) is 9.97 Å². The lowest BCUT2D eigenvalue weighted by Gasteiger charge is -2.10. The number of aromatic nitrogens is 2. The zero-order chi connectivity index (χ0) is 18.6. The van der Waals surface area contributed by atoms with Crippen molar-refractivity contribution in [1.29, 1.82) is 0 Å². The molecule has 5 heteroatoms. The maximum atomic E-state index is 12.4. The van der Waals surface area contributed by atoms with Gasteiger partial charge in [-0.15, -0.1) is 0 Å². The zero-order valence-electron chi connectivity index (χ0n) is 14.8. The summed E-state index contributed by atoms with van der Waals surface area (Å²) in [6.45, 7) is 1.98. The largest absolute Gasteiger partial charge is 0.352 e. The number of benzene rings is 2. The van der Waals surface area contributed by atoms with E-state index in [1.165, 1.54) is 0 Å². The first kappa shape index (κ1) is 16.7. The van der Waals surface area contributed by atoms with Gasteiger partial charge in [0, 0.05) is 17.3 Å². The van der Waals surface area contributed by atoms with Crippen LogP contribution in [0.25, 0.3) is 10.9 Å². The van der Waals surface area contributed by atoms with Gasteiger partial charge < -0.3 is 10.6 Å². The molecule has 132 valence electrons. The fraction of sp³-hybridized carbons (Fsp3) is 0.0455. The molecule has 4 aromatic rings. The van der Waals surface area contributed by atoms with Crippen LogP contribution >= 0.6 is 0 Å². The molecule has 0 fully saturated rings. The molecule has 0 aliphatic carbocycles. The number of fused-ring (bicyclic) bond motifs is 1. The number of anilines is 3. The summed E-state index contributed by atoms with van der Waals surface area (Å²) in [4.78, 5) is 21.1. The number of rotatable bonds is 4. The number of hydrogen-bond acceptors (Lipinski definition) is 4. The number of para-hydroxylation sites is 1. The van der Waals surface area contributed by atoms with E-state index in [0.29, 0.717) is 5.69 Å². The highest BCUT2D eigenvalue weighted by Crippen LogP contribution is 2.24. The summed E-state index contributed by atoms with van der Waals surface area (Å²) >= 11 is 0. The second-order valence-corrected chi connectivity index (χ2v) is 6.26. The molecule has 0 radical (unpaired) electrons. The third kappa shape index (κ3) is 3.77. The summed E-state index contributed by atoms with van der Waals surface area (Å²) in [5.74, 6) is -0.237. The monoisotopic (exact) mass is 354 g/mol. The molecule has 2 heterocycles. The molecule has 2 aromatic heterocycles. The molecule has 0 saturated carbocycles. The lowest BCUT2D eigenvalue weighted by Crippen LogP contribution is -2.13. The second kappa shape index (κ2) is 7.25. The number of carbonyl (C=O) groups excluding carboxylic acids is 1. The van der Waals surface area contributed by atoms with Crippen molar-refractivity contribution in [2.45, 2.75) is 6.92 Å². The molecule has 0 unspecified atom stereocenters. The maximum absolute atomic E-state index is 12.4. The Morgan fingerprint density at radius 1 is 0.889 bits per heavy atom. The van der Waals surface area contributed by atoms with E-state index in [-0.39, 0.29) is 5.91 Å². The van der Waals surface area contributed by atoms with Crippen molar-refractivity contribution in [3.8, 4) is 0 Å². The van der Waals surface area contributed by atoms with Crippen LogP contribution in [0.4, 0.5) is 17.1 Å². The number of carbonyl (C=O) groups is 1. The predicted molar refractivity (Wildman–Crippen MR) is 108 cm³/mol. The van der Waals surface area contributed by atoms with Gasteiger partial charge in [0.15, 0.2) is 0 Å². The van der Waals surface area contributed by atoms with Crippen molar-refractivity contribution in [3.63, 3.8) is 0 Å². The molecule has 27 heavy (non-hydrogen) atoms. The summed E-state index contributed by atoms with van der Waals surface area (Å²) in [5, 5.41) is 7.23. The van der Waals surface area contributed by atoms with Crippen LogP contribution in [0.2, 0.25) is 0 Å². The molecule has 0 bridgehead atoms. The fourth-order valence-corrected chi connectivity index (χ4v) is 2.88. The van der Waals surface area contributed by atoms with Gasteiger partial charge >= 0.3 is 0 Å². The van der Waals surface area contributed by atoms with Crippen molar-refractivity contribution >= 4 is 33.9 Å². The van der Waals surface area contributed by atoms with Crippen LogP contribution in [-0.4, -0.2) is 15.9 Å². The summed E-state index contributed by atoms with van der Waals surface area (Å²) in [5.41, 5.74) is 4.78. The molecule has 2 N–H and O–H groups in total. The Morgan fingerprint density at radius 3 is 2.56 bits per heavy atom. The number of nitrogens with zero attached hydrogens (tertiary/aromatic N) is 2. The summed E-state index contributed by atoms with van der Waals surface area (Å²) in [6, 6.07) is 21.1. The van der Waals surface area contributed by atoms with Gasteiger partial charge in [-0.1, -0.05) is 30.3 Å². The van der Waals surface area contributed by atoms with Gasteiger partial charge in [0.2, 0.25) is 0 Å². The van der Waals surface area contributed by atoms with Gasteiger partial charge in [0.05, 0.1) is 23.1 Å². The van der Waals surface area contributed by atoms with E-state index < -0.39 is 0 Å². The summed E-state index contributed by atoms with van der Waals surface area (Å²) in [6.07, 6.45) is 3.41. The van der Waals surface area contributed by atoms with E-state index in [4.69, 9.17) is 0 Å². The average Bonchev–Trinajstić information content (AvgIpc) is 2.69. The van der Waals surface area contributed by atoms with Gasteiger partial charge in [-0.2, -0.15) is 0 Å². The maximum Gasteiger partial charge on any atom is 0.274 e. The molecule has 2 aromatic carbocycles. The van der Waals surface area contributed by atoms with Crippen LogP contribution < -0.4 is 10.6 Å². The van der Waals surface area contributed by atoms with E-state index in [0.717, 1.165) is 33.5 Å². The highest BCUT2D eigenvalue weighted by Gasteiger charge is 2.08. The minimum absolute atomic E-state index is 0.237. The van der Waals surface area contributed by atoms with Gasteiger partial charge in [-0.05, 0) is 48.9 Å². The van der Waals surface area contributed by atoms with Crippen LogP contribution in [0.5, 0.6) is 0 Å². The van der Waals surface area contributed by atoms with Crippen molar-refractivity contribution in [3.05, 3.63) is 90.4 Å². The molecule has 0 spiro atoms. The Labute approximate surface area is 157 Å². The Hall–Kier alpha value is -3.73. The van der Waals surface area contributed by atoms with Crippen molar-refractivity contribution in [2.75, 3.05) is 10.6 Å². The normalized spacial score (nSPS) is 10.6. The molecule has 4 rings (SSSR count). The first-order valence-electron chi connectivity index (χ1n) is 8.64. The number of nitrogens with one attached hydrogen (secondary N) is 2. The van der Waals surface area contributed by atoms with E-state index in [1.807, 2.05) is 67.6 Å². The number of amides is 1. The number of aryl methyl sites for hydroxylation is 1. The highest BCUT2D eigenvalue weighted by molar-refractivity contribution is 6.03. The van der Waals surface area contributed by atoms with Crippen molar-refractivity contribution in [2.24, 2.45) is 0 Å². The van der Waals surface area contributed by atoms with Gasteiger partial charge in [0.25, 0.3) is 5.91 Å². The molecule has 0 atom stereocenters. The zero-order valence-corrected chi connectivity index (χ0v) is 14.8. The van der Waals surface area contributed by atoms with Crippen molar-refractivity contribution < 1.29 is 4.79 Å². The van der Waals surface area contributed by atoms with E-state index in [1.54, 1.807) is 18.5 Å². The molecule has 0 aliphatic heterocycles. The van der Waals surface area contributed by atoms with Crippen LogP contribution in [0.1, 0.15) is 16.1 Å². The van der Waals surface area contributed by atoms with E-state index >= 15 is 0 Å². The lowest BCUT2D eigenvalue weighted by atomic mass is 10.2. The average molecular weight is 354 g/mol. The van der Waals surface area contributed by atoms with E-state index in [9.17, 15) is 4.79 Å². The van der Waals surface area contributed by atoms with Gasteiger partial charge in [-0.3, -0.25) is 9.78 Å². The van der Waals surface area contributed by atoms with Gasteiger partial charge in [-0.25, -0.2) is 4.98 Å². The highest BCUT2D eigenvalue weighted by atomic mass is 16.1. The topological polar surface area (TPSA) is 66.9 Å². The van der Waals surface area contributed by atoms with Crippen LogP contribution in [0.15, 0.2) is 79.1 Å². The Morgan fingerprint density at radius 2 is 1.74 bits per heavy atom. The quantitative estimate of drug-likeness (QED) is 0.545.